The second kappa shape index (κ2) is 8.55. The van der Waals surface area contributed by atoms with E-state index in [2.05, 4.69) is 10.3 Å². The van der Waals surface area contributed by atoms with Crippen LogP contribution in [0.2, 0.25) is 0 Å². The Labute approximate surface area is 152 Å². The molecule has 3 rings (SSSR count). The van der Waals surface area contributed by atoms with Crippen molar-refractivity contribution in [2.75, 3.05) is 5.32 Å². The lowest BCUT2D eigenvalue weighted by molar-refractivity contribution is -0.120. The molecule has 1 heterocycles. The van der Waals surface area contributed by atoms with Crippen molar-refractivity contribution in [3.63, 3.8) is 0 Å². The van der Waals surface area contributed by atoms with Gasteiger partial charge in [0.1, 0.15) is 0 Å². The Morgan fingerprint density at radius 3 is 2.88 bits per heavy atom. The highest BCUT2D eigenvalue weighted by Gasteiger charge is 2.25. The van der Waals surface area contributed by atoms with E-state index in [1.807, 2.05) is 42.1 Å². The topological polar surface area (TPSA) is 72.9 Å². The molecule has 0 bridgehead atoms. The fraction of sp³-hybridized carbons (Fsp3) is 0.412. The number of nitrogens with zero attached hydrogens (tertiary/aromatic N) is 2. The number of carbonyl (C=O) groups is 1. The van der Waals surface area contributed by atoms with Gasteiger partial charge in [-0.25, -0.2) is 4.98 Å². The molecule has 2 unspecified atom stereocenters. The van der Waals surface area contributed by atoms with Crippen molar-refractivity contribution in [1.82, 2.24) is 9.55 Å². The summed E-state index contributed by atoms with van der Waals surface area (Å²) in [6.07, 6.45) is 7.44. The quantitative estimate of drug-likeness (QED) is 0.869. The van der Waals surface area contributed by atoms with Gasteiger partial charge in [0, 0.05) is 36.3 Å². The molecule has 0 saturated heterocycles. The smallest absolute Gasteiger partial charge is 0.227 e. The Bertz CT molecular complexity index is 691. The highest BCUT2D eigenvalue weighted by molar-refractivity contribution is 7.99. The van der Waals surface area contributed by atoms with Crippen molar-refractivity contribution in [1.29, 1.82) is 0 Å². The summed E-state index contributed by atoms with van der Waals surface area (Å²) in [6.45, 7) is 0. The van der Waals surface area contributed by atoms with Crippen LogP contribution in [0.4, 0.5) is 5.69 Å². The molecule has 1 aliphatic carbocycles. The van der Waals surface area contributed by atoms with E-state index >= 15 is 0 Å². The number of benzene rings is 1. The molecule has 5 nitrogen and oxygen atoms in total. The van der Waals surface area contributed by atoms with E-state index in [-0.39, 0.29) is 30.3 Å². The van der Waals surface area contributed by atoms with Crippen molar-refractivity contribution in [3.05, 3.63) is 36.7 Å². The van der Waals surface area contributed by atoms with Crippen LogP contribution < -0.4 is 11.1 Å². The van der Waals surface area contributed by atoms with Crippen molar-refractivity contribution in [3.8, 4) is 0 Å². The average molecular weight is 367 g/mol. The third-order valence-corrected chi connectivity index (χ3v) is 5.36. The van der Waals surface area contributed by atoms with E-state index < -0.39 is 0 Å². The van der Waals surface area contributed by atoms with E-state index in [0.29, 0.717) is 0 Å². The summed E-state index contributed by atoms with van der Waals surface area (Å²) < 4.78 is 1.96. The van der Waals surface area contributed by atoms with E-state index in [1.54, 1.807) is 18.0 Å². The van der Waals surface area contributed by atoms with E-state index in [9.17, 15) is 4.79 Å². The first-order chi connectivity index (χ1) is 11.1. The van der Waals surface area contributed by atoms with Gasteiger partial charge in [-0.1, -0.05) is 18.6 Å². The maximum Gasteiger partial charge on any atom is 0.227 e. The third kappa shape index (κ3) is 4.53. The lowest BCUT2D eigenvalue weighted by Gasteiger charge is -2.26. The standard InChI is InChI=1S/C17H22N4OS.ClH/c1-21-10-9-19-17(21)23-15-8-3-2-7-14(15)20-16(22)12-5-4-6-13(18)11-12;/h2-3,7-10,12-13H,4-6,11,18H2,1H3,(H,20,22);1H. The number of amides is 1. The minimum absolute atomic E-state index is 0. The van der Waals surface area contributed by atoms with Crippen LogP contribution in [0.3, 0.4) is 0 Å². The van der Waals surface area contributed by atoms with Crippen LogP contribution in [0.15, 0.2) is 46.7 Å². The molecule has 0 aliphatic heterocycles. The molecule has 24 heavy (non-hydrogen) atoms. The highest BCUT2D eigenvalue weighted by atomic mass is 35.5. The predicted molar refractivity (Wildman–Crippen MR) is 99.6 cm³/mol. The van der Waals surface area contributed by atoms with E-state index in [0.717, 1.165) is 41.4 Å². The molecule has 1 aromatic heterocycles. The second-order valence-corrected chi connectivity index (χ2v) is 7.04. The monoisotopic (exact) mass is 366 g/mol. The fourth-order valence-electron chi connectivity index (χ4n) is 2.91. The van der Waals surface area contributed by atoms with Gasteiger partial charge in [-0.2, -0.15) is 0 Å². The van der Waals surface area contributed by atoms with Crippen LogP contribution in [0.1, 0.15) is 25.7 Å². The molecular formula is C17H23ClN4OS. The van der Waals surface area contributed by atoms with Gasteiger partial charge in [0.2, 0.25) is 5.91 Å². The zero-order valence-corrected chi connectivity index (χ0v) is 15.3. The number of carbonyl (C=O) groups excluding carboxylic acids is 1. The number of anilines is 1. The number of hydrogen-bond donors (Lipinski definition) is 2. The van der Waals surface area contributed by atoms with Crippen LogP contribution >= 0.6 is 24.2 Å². The van der Waals surface area contributed by atoms with Gasteiger partial charge in [-0.15, -0.1) is 12.4 Å². The first kappa shape index (κ1) is 18.8. The molecule has 7 heteroatoms. The SMILES string of the molecule is Cl.Cn1ccnc1Sc1ccccc1NC(=O)C1CCCC(N)C1. The molecule has 1 fully saturated rings. The fourth-order valence-corrected chi connectivity index (χ4v) is 3.80. The normalized spacial score (nSPS) is 20.2. The molecule has 1 aliphatic rings. The first-order valence-corrected chi connectivity index (χ1v) is 8.76. The minimum Gasteiger partial charge on any atom is -0.329 e. The van der Waals surface area contributed by atoms with Gasteiger partial charge in [-0.05, 0) is 43.2 Å². The van der Waals surface area contributed by atoms with Gasteiger partial charge in [0.05, 0.1) is 5.69 Å². The van der Waals surface area contributed by atoms with Crippen molar-refractivity contribution < 1.29 is 4.79 Å². The summed E-state index contributed by atoms with van der Waals surface area (Å²) in [5, 5.41) is 3.98. The number of hydrogen-bond acceptors (Lipinski definition) is 4. The predicted octanol–water partition coefficient (Wildman–Crippen LogP) is 3.45. The van der Waals surface area contributed by atoms with Gasteiger partial charge in [-0.3, -0.25) is 4.79 Å². The third-order valence-electron chi connectivity index (χ3n) is 4.21. The number of rotatable bonds is 4. The van der Waals surface area contributed by atoms with E-state index in [4.69, 9.17) is 5.73 Å². The van der Waals surface area contributed by atoms with Crippen molar-refractivity contribution in [2.24, 2.45) is 18.7 Å². The van der Waals surface area contributed by atoms with Crippen molar-refractivity contribution in [2.45, 2.75) is 41.8 Å². The minimum atomic E-state index is 0. The number of imidazole rings is 1. The van der Waals surface area contributed by atoms with Crippen LogP contribution in [-0.2, 0) is 11.8 Å². The zero-order valence-electron chi connectivity index (χ0n) is 13.6. The van der Waals surface area contributed by atoms with Gasteiger partial charge >= 0.3 is 0 Å². The Hall–Kier alpha value is -1.50. The molecule has 130 valence electrons. The highest BCUT2D eigenvalue weighted by Crippen LogP contribution is 2.33. The summed E-state index contributed by atoms with van der Waals surface area (Å²) >= 11 is 1.55. The summed E-state index contributed by atoms with van der Waals surface area (Å²) in [6, 6.07) is 7.99. The first-order valence-electron chi connectivity index (χ1n) is 7.94. The molecule has 1 saturated carbocycles. The Morgan fingerprint density at radius 2 is 2.17 bits per heavy atom. The van der Waals surface area contributed by atoms with Crippen LogP contribution in [0.25, 0.3) is 0 Å². The molecule has 1 aromatic carbocycles. The molecule has 0 spiro atoms. The Kier molecular flexibility index (Phi) is 6.71. The van der Waals surface area contributed by atoms with Gasteiger partial charge in [0.15, 0.2) is 5.16 Å². The molecule has 1 amide bonds. The van der Waals surface area contributed by atoms with E-state index in [1.165, 1.54) is 0 Å². The number of nitrogens with one attached hydrogen (secondary N) is 1. The number of halogens is 1. The summed E-state index contributed by atoms with van der Waals surface area (Å²) in [5.41, 5.74) is 6.84. The summed E-state index contributed by atoms with van der Waals surface area (Å²) in [5.74, 6) is 0.0954. The van der Waals surface area contributed by atoms with Gasteiger partial charge in [0.25, 0.3) is 0 Å². The van der Waals surface area contributed by atoms with Crippen LogP contribution in [0, 0.1) is 5.92 Å². The number of nitrogens with two attached hydrogens (primary N) is 1. The molecule has 0 radical (unpaired) electrons. The Morgan fingerprint density at radius 1 is 1.38 bits per heavy atom. The van der Waals surface area contributed by atoms with Crippen LogP contribution in [-0.4, -0.2) is 21.5 Å². The Balaban J connectivity index is 0.00000208. The zero-order chi connectivity index (χ0) is 16.2. The maximum absolute atomic E-state index is 12.5. The second-order valence-electron chi connectivity index (χ2n) is 6.03. The lowest BCUT2D eigenvalue weighted by atomic mass is 9.85. The molecule has 2 aromatic rings. The molecule has 2 atom stereocenters. The summed E-state index contributed by atoms with van der Waals surface area (Å²) in [7, 11) is 1.96. The van der Waals surface area contributed by atoms with Crippen molar-refractivity contribution >= 4 is 35.8 Å². The lowest BCUT2D eigenvalue weighted by Crippen LogP contribution is -2.34. The number of aromatic nitrogens is 2. The number of para-hydroxylation sites is 1. The average Bonchev–Trinajstić information content (AvgIpc) is 2.94. The largest absolute Gasteiger partial charge is 0.329 e. The number of aryl methyl sites for hydroxylation is 1. The molecular weight excluding hydrogens is 344 g/mol. The maximum atomic E-state index is 12.5. The van der Waals surface area contributed by atoms with Gasteiger partial charge < -0.3 is 15.6 Å². The molecule has 3 N–H and O–H groups in total. The van der Waals surface area contributed by atoms with Crippen LogP contribution in [0.5, 0.6) is 0 Å². The summed E-state index contributed by atoms with van der Waals surface area (Å²) in [4.78, 5) is 17.9.